The third-order valence-corrected chi connectivity index (χ3v) is 12.9. The molecule has 1 aromatic rings. The Morgan fingerprint density at radius 3 is 2.46 bits per heavy atom. The number of ketones is 1. The maximum atomic E-state index is 14.0. The fraction of sp³-hybridized carbons (Fsp3) is 0.586. The van der Waals surface area contributed by atoms with Crippen LogP contribution in [0.3, 0.4) is 0 Å². The highest BCUT2D eigenvalue weighted by Crippen LogP contribution is 2.67. The van der Waals surface area contributed by atoms with Gasteiger partial charge < -0.3 is 0 Å². The monoisotopic (exact) mass is 511 g/mol. The molecule has 0 saturated heterocycles. The van der Waals surface area contributed by atoms with Crippen molar-refractivity contribution in [1.29, 1.82) is 0 Å². The van der Waals surface area contributed by atoms with E-state index >= 15 is 0 Å². The molecule has 0 heterocycles. The van der Waals surface area contributed by atoms with Gasteiger partial charge >= 0.3 is 4.87 Å². The number of halogens is 1. The Bertz CT molecular complexity index is 1270. The summed E-state index contributed by atoms with van der Waals surface area (Å²) in [5, 5.41) is 0. The summed E-state index contributed by atoms with van der Waals surface area (Å²) in [6, 6.07) is 6.75. The van der Waals surface area contributed by atoms with Crippen LogP contribution in [0.5, 0.6) is 0 Å². The lowest BCUT2D eigenvalue weighted by atomic mass is 9.46. The van der Waals surface area contributed by atoms with Crippen LogP contribution in [-0.2, 0) is 14.6 Å². The molecule has 0 aliphatic heterocycles. The summed E-state index contributed by atoms with van der Waals surface area (Å²) in [5.41, 5.74) is 2.68. The van der Waals surface area contributed by atoms with Crippen molar-refractivity contribution in [2.45, 2.75) is 75.5 Å². The molecular formula is C29H34ClNO3S. The van der Waals surface area contributed by atoms with Crippen LogP contribution in [-0.4, -0.2) is 25.0 Å². The smallest absolute Gasteiger partial charge is 0.295 e. The highest BCUT2D eigenvalue weighted by Gasteiger charge is 2.65. The van der Waals surface area contributed by atoms with Crippen LogP contribution >= 0.6 is 11.6 Å². The molecular weight excluding hydrogens is 478 g/mol. The second kappa shape index (κ2) is 8.32. The van der Waals surface area contributed by atoms with Gasteiger partial charge in [0.15, 0.2) is 5.78 Å². The number of rotatable bonds is 4. The lowest BCUT2D eigenvalue weighted by Gasteiger charge is -2.58. The van der Waals surface area contributed by atoms with Gasteiger partial charge in [0.05, 0.1) is 4.90 Å². The predicted molar refractivity (Wildman–Crippen MR) is 139 cm³/mol. The largest absolute Gasteiger partial charge is 0.368 e. The summed E-state index contributed by atoms with van der Waals surface area (Å²) in [7, 11) is -4.02. The van der Waals surface area contributed by atoms with Crippen LogP contribution in [0.15, 0.2) is 52.5 Å². The van der Waals surface area contributed by atoms with Crippen molar-refractivity contribution in [1.82, 2.24) is 0 Å². The van der Waals surface area contributed by atoms with E-state index in [-0.39, 0.29) is 27.4 Å². The molecule has 1 aromatic carbocycles. The van der Waals surface area contributed by atoms with Crippen molar-refractivity contribution in [3.8, 4) is 0 Å². The summed E-state index contributed by atoms with van der Waals surface area (Å²) < 4.78 is 28.0. The number of carbonyl (C=O) groups excluding carboxylic acids is 1. The zero-order valence-electron chi connectivity index (χ0n) is 20.8. The number of nitrogens with zero attached hydrogens (tertiary/aromatic N) is 1. The van der Waals surface area contributed by atoms with Gasteiger partial charge in [-0.25, -0.2) is 15.0 Å². The first kappa shape index (κ1) is 24.8. The van der Waals surface area contributed by atoms with Gasteiger partial charge in [0.1, 0.15) is 5.88 Å². The SMILES string of the molecule is [C-]#[N+]C(CCl)(C1=CC[C@H]2[C@@H]3CCC4=CC(=O)CC[C@]4(C)[C@H]3CC[C@]12C)S(=O)(=O)c1ccc(C)cc1. The molecule has 0 bridgehead atoms. The van der Waals surface area contributed by atoms with E-state index in [0.29, 0.717) is 29.7 Å². The Morgan fingerprint density at radius 2 is 1.80 bits per heavy atom. The van der Waals surface area contributed by atoms with Crippen molar-refractivity contribution >= 4 is 27.2 Å². The summed E-state index contributed by atoms with van der Waals surface area (Å²) in [6.45, 7) is 14.6. The fourth-order valence-corrected chi connectivity index (χ4v) is 10.5. The van der Waals surface area contributed by atoms with E-state index in [1.807, 2.05) is 13.0 Å². The number of benzene rings is 1. The van der Waals surface area contributed by atoms with E-state index in [1.54, 1.807) is 24.3 Å². The van der Waals surface area contributed by atoms with E-state index in [0.717, 1.165) is 44.1 Å². The number of hydrogen-bond acceptors (Lipinski definition) is 3. The molecule has 0 radical (unpaired) electrons. The van der Waals surface area contributed by atoms with Crippen LogP contribution in [0, 0.1) is 42.1 Å². The van der Waals surface area contributed by atoms with Gasteiger partial charge in [0.25, 0.3) is 9.84 Å². The van der Waals surface area contributed by atoms with Crippen LogP contribution in [0.25, 0.3) is 4.85 Å². The lowest BCUT2D eigenvalue weighted by Crippen LogP contribution is -2.53. The quantitative estimate of drug-likeness (QED) is 0.257. The molecule has 0 aromatic heterocycles. The molecule has 1 unspecified atom stereocenters. The molecule has 5 rings (SSSR count). The molecule has 4 nitrogen and oxygen atoms in total. The van der Waals surface area contributed by atoms with Crippen molar-refractivity contribution in [2.24, 2.45) is 28.6 Å². The molecule has 6 atom stereocenters. The maximum Gasteiger partial charge on any atom is 0.368 e. The highest BCUT2D eigenvalue weighted by atomic mass is 35.5. The third kappa shape index (κ3) is 3.36. The van der Waals surface area contributed by atoms with Crippen molar-refractivity contribution in [3.05, 3.63) is 64.5 Å². The summed E-state index contributed by atoms with van der Waals surface area (Å²) in [6.07, 6.45) is 10.1. The maximum absolute atomic E-state index is 14.0. The average Bonchev–Trinajstić information content (AvgIpc) is 3.18. The molecule has 6 heteroatoms. The topological polar surface area (TPSA) is 55.6 Å². The second-order valence-corrected chi connectivity index (χ2v) is 14.0. The molecule has 2 saturated carbocycles. The standard InChI is InChI=1S/C29H34ClNO3S/c1-19-5-8-22(9-6-19)35(33,34)29(18-30,31-4)26-12-11-24-23-10-7-20-17-21(32)13-15-27(20,2)25(23)14-16-28(24,26)3/h5-6,8-9,12,17,23-25H,7,10-11,13-16,18H2,1-3H3/t23-,24-,25-,27-,28-,29?/m0/s1. The minimum Gasteiger partial charge on any atom is -0.295 e. The molecule has 0 amide bonds. The van der Waals surface area contributed by atoms with Crippen LogP contribution in [0.2, 0.25) is 0 Å². The Kier molecular flexibility index (Phi) is 5.89. The van der Waals surface area contributed by atoms with Crippen LogP contribution in [0.1, 0.15) is 64.4 Å². The molecule has 0 N–H and O–H groups in total. The lowest BCUT2D eigenvalue weighted by molar-refractivity contribution is -0.117. The van der Waals surface area contributed by atoms with Gasteiger partial charge in [-0.2, -0.15) is 0 Å². The Hall–Kier alpha value is -1.90. The minimum absolute atomic E-state index is 0.0538. The van der Waals surface area contributed by atoms with Crippen molar-refractivity contribution < 1.29 is 13.2 Å². The zero-order chi connectivity index (χ0) is 25.2. The first-order valence-corrected chi connectivity index (χ1v) is 14.8. The Labute approximate surface area is 214 Å². The molecule has 0 spiro atoms. The number of aryl methyl sites for hydroxylation is 1. The van der Waals surface area contributed by atoms with Crippen LogP contribution < -0.4 is 0 Å². The van der Waals surface area contributed by atoms with Crippen molar-refractivity contribution in [2.75, 3.05) is 5.88 Å². The van der Waals surface area contributed by atoms with E-state index in [2.05, 4.69) is 24.8 Å². The van der Waals surface area contributed by atoms with Gasteiger partial charge in [0.2, 0.25) is 0 Å². The number of fused-ring (bicyclic) bond motifs is 5. The van der Waals surface area contributed by atoms with Gasteiger partial charge in [-0.05, 0) is 86.8 Å². The van der Waals surface area contributed by atoms with Gasteiger partial charge in [0, 0.05) is 17.4 Å². The van der Waals surface area contributed by atoms with Crippen LogP contribution in [0.4, 0.5) is 0 Å². The zero-order valence-corrected chi connectivity index (χ0v) is 22.4. The van der Waals surface area contributed by atoms with E-state index in [4.69, 9.17) is 18.2 Å². The number of hydrogen-bond donors (Lipinski definition) is 0. The predicted octanol–water partition coefficient (Wildman–Crippen LogP) is 6.69. The molecule has 186 valence electrons. The van der Waals surface area contributed by atoms with Crippen molar-refractivity contribution in [3.63, 3.8) is 0 Å². The number of carbonyl (C=O) groups is 1. The van der Waals surface area contributed by atoms with Gasteiger partial charge in [-0.3, -0.25) is 9.64 Å². The first-order chi connectivity index (χ1) is 16.5. The van der Waals surface area contributed by atoms with E-state index in [1.165, 1.54) is 5.57 Å². The van der Waals surface area contributed by atoms with E-state index in [9.17, 15) is 13.2 Å². The molecule has 4 aliphatic carbocycles. The Morgan fingerprint density at radius 1 is 1.09 bits per heavy atom. The number of sulfone groups is 1. The highest BCUT2D eigenvalue weighted by molar-refractivity contribution is 7.93. The average molecular weight is 512 g/mol. The fourth-order valence-electron chi connectivity index (χ4n) is 8.08. The second-order valence-electron chi connectivity index (χ2n) is 11.6. The number of alkyl halides is 1. The third-order valence-electron chi connectivity index (χ3n) is 10.1. The summed E-state index contributed by atoms with van der Waals surface area (Å²) >= 11 is 6.45. The molecule has 35 heavy (non-hydrogen) atoms. The minimum atomic E-state index is -4.02. The van der Waals surface area contributed by atoms with Gasteiger partial charge in [-0.1, -0.05) is 43.2 Å². The summed E-state index contributed by atoms with van der Waals surface area (Å²) in [4.78, 5) is 14.3. The molecule has 4 aliphatic rings. The summed E-state index contributed by atoms with van der Waals surface area (Å²) in [5.74, 6) is 1.23. The van der Waals surface area contributed by atoms with E-state index < -0.39 is 14.7 Å². The molecule has 2 fully saturated rings. The Balaban J connectivity index is 1.53. The normalized spacial score (nSPS) is 36.1. The first-order valence-electron chi connectivity index (χ1n) is 12.7. The van der Waals surface area contributed by atoms with Gasteiger partial charge in [-0.15, -0.1) is 11.6 Å². The number of allylic oxidation sites excluding steroid dienone is 3.